The van der Waals surface area contributed by atoms with Gasteiger partial charge in [0.25, 0.3) is 5.91 Å². The lowest BCUT2D eigenvalue weighted by Crippen LogP contribution is -2.23. The number of halogens is 1. The van der Waals surface area contributed by atoms with Crippen molar-refractivity contribution in [1.82, 2.24) is 24.9 Å². The standard InChI is InChI=1S/C10H12BrN5O/c1-15-6-7(3-13-15)10(17)12-5-9-8(11)4-14-16(9)2/h3-4,6H,5H2,1-2H3,(H,12,17). The van der Waals surface area contributed by atoms with E-state index in [1.807, 2.05) is 7.05 Å². The molecule has 0 unspecified atom stereocenters. The van der Waals surface area contributed by atoms with Crippen LogP contribution in [-0.4, -0.2) is 25.5 Å². The van der Waals surface area contributed by atoms with Crippen LogP contribution in [0.4, 0.5) is 0 Å². The highest BCUT2D eigenvalue weighted by Crippen LogP contribution is 2.14. The molecule has 2 rings (SSSR count). The lowest BCUT2D eigenvalue weighted by atomic mass is 10.3. The van der Waals surface area contributed by atoms with Crippen molar-refractivity contribution in [1.29, 1.82) is 0 Å². The molecule has 90 valence electrons. The van der Waals surface area contributed by atoms with E-state index in [9.17, 15) is 4.79 Å². The van der Waals surface area contributed by atoms with Gasteiger partial charge >= 0.3 is 0 Å². The van der Waals surface area contributed by atoms with E-state index in [2.05, 4.69) is 31.4 Å². The summed E-state index contributed by atoms with van der Waals surface area (Å²) in [6.45, 7) is 0.421. The van der Waals surface area contributed by atoms with Crippen molar-refractivity contribution >= 4 is 21.8 Å². The van der Waals surface area contributed by atoms with Crippen LogP contribution in [0.25, 0.3) is 0 Å². The molecule has 6 nitrogen and oxygen atoms in total. The maximum atomic E-state index is 11.8. The van der Waals surface area contributed by atoms with Gasteiger partial charge in [-0.25, -0.2) is 0 Å². The number of carbonyl (C=O) groups excluding carboxylic acids is 1. The van der Waals surface area contributed by atoms with Crippen LogP contribution in [0.5, 0.6) is 0 Å². The first-order chi connectivity index (χ1) is 8.08. The largest absolute Gasteiger partial charge is 0.346 e. The van der Waals surface area contributed by atoms with Gasteiger partial charge in [-0.05, 0) is 15.9 Å². The van der Waals surface area contributed by atoms with Gasteiger partial charge in [-0.2, -0.15) is 10.2 Å². The Morgan fingerprint density at radius 3 is 2.71 bits per heavy atom. The molecular formula is C10H12BrN5O. The Morgan fingerprint density at radius 1 is 1.41 bits per heavy atom. The highest BCUT2D eigenvalue weighted by atomic mass is 79.9. The average molecular weight is 298 g/mol. The number of aromatic nitrogens is 4. The van der Waals surface area contributed by atoms with Gasteiger partial charge in [-0.1, -0.05) is 0 Å². The second-order valence-corrected chi connectivity index (χ2v) is 4.50. The molecule has 2 aromatic rings. The number of aryl methyl sites for hydroxylation is 2. The van der Waals surface area contributed by atoms with Gasteiger partial charge in [0, 0.05) is 20.3 Å². The Balaban J connectivity index is 2.02. The molecule has 1 amide bonds. The number of rotatable bonds is 3. The minimum absolute atomic E-state index is 0.147. The van der Waals surface area contributed by atoms with Crippen LogP contribution < -0.4 is 5.32 Å². The van der Waals surface area contributed by atoms with Gasteiger partial charge in [-0.3, -0.25) is 14.2 Å². The van der Waals surface area contributed by atoms with Crippen LogP contribution in [0.1, 0.15) is 16.1 Å². The summed E-state index contributed by atoms with van der Waals surface area (Å²) in [6.07, 6.45) is 4.91. The maximum Gasteiger partial charge on any atom is 0.254 e. The smallest absolute Gasteiger partial charge is 0.254 e. The van der Waals surface area contributed by atoms with E-state index in [1.54, 1.807) is 28.8 Å². The molecule has 0 aliphatic rings. The summed E-state index contributed by atoms with van der Waals surface area (Å²) in [5.41, 5.74) is 1.47. The first-order valence-electron chi connectivity index (χ1n) is 5.01. The number of nitrogens with zero attached hydrogens (tertiary/aromatic N) is 4. The number of hydrogen-bond acceptors (Lipinski definition) is 3. The number of nitrogens with one attached hydrogen (secondary N) is 1. The zero-order valence-electron chi connectivity index (χ0n) is 9.51. The highest BCUT2D eigenvalue weighted by molar-refractivity contribution is 9.10. The Bertz CT molecular complexity index is 525. The lowest BCUT2D eigenvalue weighted by Gasteiger charge is -2.04. The van der Waals surface area contributed by atoms with E-state index in [0.29, 0.717) is 12.1 Å². The molecule has 2 aromatic heterocycles. The van der Waals surface area contributed by atoms with Crippen molar-refractivity contribution < 1.29 is 4.79 Å². The summed E-state index contributed by atoms with van der Waals surface area (Å²) in [6, 6.07) is 0. The SMILES string of the molecule is Cn1cc(C(=O)NCc2c(Br)cnn2C)cn1. The third kappa shape index (κ3) is 2.55. The van der Waals surface area contributed by atoms with Crippen molar-refractivity contribution in [3.05, 3.63) is 34.3 Å². The van der Waals surface area contributed by atoms with E-state index < -0.39 is 0 Å². The summed E-state index contributed by atoms with van der Waals surface area (Å²) in [7, 11) is 3.60. The van der Waals surface area contributed by atoms with E-state index in [-0.39, 0.29) is 5.91 Å². The molecule has 7 heteroatoms. The number of hydrogen-bond donors (Lipinski definition) is 1. The van der Waals surface area contributed by atoms with Gasteiger partial charge in [0.15, 0.2) is 0 Å². The minimum Gasteiger partial charge on any atom is -0.346 e. The molecule has 0 atom stereocenters. The Labute approximate surface area is 107 Å². The van der Waals surface area contributed by atoms with Crippen LogP contribution in [0.15, 0.2) is 23.1 Å². The van der Waals surface area contributed by atoms with Crippen molar-refractivity contribution in [2.45, 2.75) is 6.54 Å². The summed E-state index contributed by atoms with van der Waals surface area (Å²) in [5.74, 6) is -0.147. The quantitative estimate of drug-likeness (QED) is 0.913. The predicted octanol–water partition coefficient (Wildman–Crippen LogP) is 0.846. The summed E-state index contributed by atoms with van der Waals surface area (Å²) < 4.78 is 4.19. The van der Waals surface area contributed by atoms with Crippen LogP contribution >= 0.6 is 15.9 Å². The van der Waals surface area contributed by atoms with Crippen molar-refractivity contribution in [2.75, 3.05) is 0 Å². The lowest BCUT2D eigenvalue weighted by molar-refractivity contribution is 0.0950. The monoisotopic (exact) mass is 297 g/mol. The summed E-state index contributed by atoms with van der Waals surface area (Å²) >= 11 is 3.38. The van der Waals surface area contributed by atoms with Crippen molar-refractivity contribution in [2.24, 2.45) is 14.1 Å². The topological polar surface area (TPSA) is 64.7 Å². The predicted molar refractivity (Wildman–Crippen MR) is 65.3 cm³/mol. The van der Waals surface area contributed by atoms with Crippen LogP contribution in [0.2, 0.25) is 0 Å². The molecular weight excluding hydrogens is 286 g/mol. The van der Waals surface area contributed by atoms with Crippen LogP contribution in [0, 0.1) is 0 Å². The van der Waals surface area contributed by atoms with Crippen molar-refractivity contribution in [3.8, 4) is 0 Å². The third-order valence-corrected chi connectivity index (χ3v) is 3.06. The molecule has 0 saturated heterocycles. The molecule has 17 heavy (non-hydrogen) atoms. The highest BCUT2D eigenvalue weighted by Gasteiger charge is 2.10. The van der Waals surface area contributed by atoms with Gasteiger partial charge in [0.2, 0.25) is 0 Å². The summed E-state index contributed by atoms with van der Waals surface area (Å²) in [5, 5.41) is 10.8. The molecule has 0 aliphatic heterocycles. The molecule has 2 heterocycles. The first kappa shape index (κ1) is 11.8. The molecule has 0 radical (unpaired) electrons. The fourth-order valence-corrected chi connectivity index (χ4v) is 1.93. The van der Waals surface area contributed by atoms with Gasteiger partial charge in [0.05, 0.1) is 34.7 Å². The van der Waals surface area contributed by atoms with E-state index in [1.165, 1.54) is 6.20 Å². The zero-order valence-corrected chi connectivity index (χ0v) is 11.1. The fourth-order valence-electron chi connectivity index (χ4n) is 1.44. The van der Waals surface area contributed by atoms with Gasteiger partial charge in [0.1, 0.15) is 0 Å². The molecule has 0 bridgehead atoms. The fraction of sp³-hybridized carbons (Fsp3) is 0.300. The molecule has 0 fully saturated rings. The molecule has 1 N–H and O–H groups in total. The Morgan fingerprint density at radius 2 is 2.18 bits per heavy atom. The number of amides is 1. The summed E-state index contributed by atoms with van der Waals surface area (Å²) in [4.78, 5) is 11.8. The molecule has 0 aromatic carbocycles. The first-order valence-corrected chi connectivity index (χ1v) is 5.80. The van der Waals surface area contributed by atoms with Crippen molar-refractivity contribution in [3.63, 3.8) is 0 Å². The average Bonchev–Trinajstić information content (AvgIpc) is 2.84. The Kier molecular flexibility index (Phi) is 3.28. The maximum absolute atomic E-state index is 11.8. The van der Waals surface area contributed by atoms with E-state index in [0.717, 1.165) is 10.2 Å². The molecule has 0 aliphatic carbocycles. The normalized spacial score (nSPS) is 10.5. The van der Waals surface area contributed by atoms with Gasteiger partial charge < -0.3 is 5.32 Å². The second kappa shape index (κ2) is 4.70. The van der Waals surface area contributed by atoms with Crippen LogP contribution in [-0.2, 0) is 20.6 Å². The van der Waals surface area contributed by atoms with Crippen LogP contribution in [0.3, 0.4) is 0 Å². The second-order valence-electron chi connectivity index (χ2n) is 3.65. The minimum atomic E-state index is -0.147. The zero-order chi connectivity index (χ0) is 12.4. The van der Waals surface area contributed by atoms with E-state index in [4.69, 9.17) is 0 Å². The molecule has 0 saturated carbocycles. The van der Waals surface area contributed by atoms with E-state index >= 15 is 0 Å². The Hall–Kier alpha value is -1.63. The third-order valence-electron chi connectivity index (χ3n) is 2.39. The number of carbonyl (C=O) groups is 1. The van der Waals surface area contributed by atoms with Gasteiger partial charge in [-0.15, -0.1) is 0 Å². The molecule has 0 spiro atoms.